The van der Waals surface area contributed by atoms with Crippen molar-refractivity contribution in [1.82, 2.24) is 24.5 Å². The molecule has 5 rings (SSSR count). The van der Waals surface area contributed by atoms with Crippen molar-refractivity contribution in [2.45, 2.75) is 42.8 Å². The van der Waals surface area contributed by atoms with Gasteiger partial charge in [0.1, 0.15) is 23.3 Å². The maximum absolute atomic E-state index is 10.4. The number of rotatable bonds is 6. The molecule has 1 fully saturated rings. The third-order valence-corrected chi connectivity index (χ3v) is 7.74. The average Bonchev–Trinajstić information content (AvgIpc) is 3.49. The lowest BCUT2D eigenvalue weighted by Gasteiger charge is -2.20. The summed E-state index contributed by atoms with van der Waals surface area (Å²) in [6.07, 6.45) is -3.00. The maximum Gasteiger partial charge on any atom is 0.226 e. The van der Waals surface area contributed by atoms with Gasteiger partial charge in [0.2, 0.25) is 5.28 Å². The first-order valence-corrected chi connectivity index (χ1v) is 11.9. The van der Waals surface area contributed by atoms with E-state index in [2.05, 4.69) is 25.3 Å². The number of benzene rings is 1. The average molecular weight is 509 g/mol. The lowest BCUT2D eigenvalue weighted by atomic mass is 10.1. The Hall–Kier alpha value is -2.06. The molecule has 1 saturated heterocycles. The zero-order valence-electron chi connectivity index (χ0n) is 17.3. The number of nitrogens with one attached hydrogen (secondary N) is 1. The molecule has 0 bridgehead atoms. The summed E-state index contributed by atoms with van der Waals surface area (Å²) in [5.41, 5.74) is 1.65. The fraction of sp³-hybridized carbons (Fsp3) is 0.400. The second-order valence-corrected chi connectivity index (χ2v) is 9.75. The summed E-state index contributed by atoms with van der Waals surface area (Å²) in [5.74, 6) is 0.392. The predicted molar refractivity (Wildman–Crippen MR) is 128 cm³/mol. The number of imidazole rings is 1. The molecule has 1 aliphatic rings. The molecule has 1 aliphatic heterocycles. The van der Waals surface area contributed by atoms with Gasteiger partial charge in [0, 0.05) is 6.04 Å². The number of para-hydroxylation sites is 1. The Morgan fingerprint density at radius 1 is 1.24 bits per heavy atom. The Balaban J connectivity index is 1.44. The molecule has 4 heterocycles. The van der Waals surface area contributed by atoms with E-state index >= 15 is 0 Å². The van der Waals surface area contributed by atoms with Gasteiger partial charge in [0.15, 0.2) is 23.2 Å². The van der Waals surface area contributed by atoms with Crippen molar-refractivity contribution in [3.63, 3.8) is 0 Å². The normalized spacial score (nSPS) is 25.0. The van der Waals surface area contributed by atoms with Gasteiger partial charge in [-0.25, -0.2) is 9.97 Å². The standard InChI is InChI=1S/C20H21ClN6O4S2/c1-8(15(32)18-24-9-4-2-3-5-11(9)33-18)23-16-12-17(26-20(21)25-16)27(7-22-12)19-14(30)13(29)10(6-28)31-19/h2-5,7-8,10,13-15,19,28-30,32H,6H2,1H3,(H,23,25,26)/t8?,10-,13-,14-,15-,19-/m1/s1. The first-order valence-electron chi connectivity index (χ1n) is 10.2. The first kappa shape index (κ1) is 22.7. The summed E-state index contributed by atoms with van der Waals surface area (Å²) in [6, 6.07) is 7.72. The predicted octanol–water partition coefficient (Wildman–Crippen LogP) is 2.17. The number of thiazole rings is 1. The van der Waals surface area contributed by atoms with E-state index in [4.69, 9.17) is 29.0 Å². The fourth-order valence-corrected chi connectivity index (χ4v) is 5.33. The van der Waals surface area contributed by atoms with Crippen molar-refractivity contribution in [3.05, 3.63) is 40.9 Å². The minimum absolute atomic E-state index is 0.0265. The SMILES string of the molecule is CC(Nc1nc(Cl)nc2c1ncn2[C@@H]1O[C@H](CO)[C@@H](O)[C@H]1O)[C@@H](S)c1nc2ccccc2s1. The van der Waals surface area contributed by atoms with Crippen LogP contribution in [0, 0.1) is 0 Å². The number of halogens is 1. The van der Waals surface area contributed by atoms with E-state index in [1.807, 2.05) is 31.2 Å². The topological polar surface area (TPSA) is 138 Å². The third-order valence-electron chi connectivity index (χ3n) is 5.59. The second-order valence-electron chi connectivity index (χ2n) is 7.79. The minimum atomic E-state index is -1.27. The smallest absolute Gasteiger partial charge is 0.226 e. The monoisotopic (exact) mass is 508 g/mol. The molecule has 0 radical (unpaired) electrons. The van der Waals surface area contributed by atoms with Crippen molar-refractivity contribution in [3.8, 4) is 0 Å². The number of hydrogen-bond donors (Lipinski definition) is 5. The Labute approximate surface area is 202 Å². The van der Waals surface area contributed by atoms with E-state index in [1.165, 1.54) is 10.9 Å². The molecular weight excluding hydrogens is 488 g/mol. The van der Waals surface area contributed by atoms with E-state index in [0.717, 1.165) is 15.2 Å². The Bertz CT molecular complexity index is 1270. The molecule has 174 valence electrons. The number of aliphatic hydroxyl groups is 3. The van der Waals surface area contributed by atoms with Crippen LogP contribution in [0.4, 0.5) is 5.82 Å². The van der Waals surface area contributed by atoms with Gasteiger partial charge in [-0.05, 0) is 30.7 Å². The third kappa shape index (κ3) is 4.05. The molecule has 0 spiro atoms. The lowest BCUT2D eigenvalue weighted by Crippen LogP contribution is -2.33. The van der Waals surface area contributed by atoms with Gasteiger partial charge in [0.05, 0.1) is 28.4 Å². The van der Waals surface area contributed by atoms with Crippen LogP contribution in [0.3, 0.4) is 0 Å². The highest BCUT2D eigenvalue weighted by molar-refractivity contribution is 7.80. The summed E-state index contributed by atoms with van der Waals surface area (Å²) >= 11 is 12.5. The molecule has 4 N–H and O–H groups in total. The Kier molecular flexibility index (Phi) is 6.16. The largest absolute Gasteiger partial charge is 0.394 e. The number of thiol groups is 1. The van der Waals surface area contributed by atoms with Crippen molar-refractivity contribution in [2.24, 2.45) is 0 Å². The molecular formula is C20H21ClN6O4S2. The number of hydrogen-bond acceptors (Lipinski definition) is 11. The molecule has 6 atom stereocenters. The first-order chi connectivity index (χ1) is 15.9. The van der Waals surface area contributed by atoms with Crippen LogP contribution in [0.1, 0.15) is 23.4 Å². The molecule has 0 aliphatic carbocycles. The number of fused-ring (bicyclic) bond motifs is 2. The van der Waals surface area contributed by atoms with E-state index in [1.54, 1.807) is 11.3 Å². The lowest BCUT2D eigenvalue weighted by molar-refractivity contribution is -0.0511. The molecule has 4 aromatic rings. The highest BCUT2D eigenvalue weighted by Crippen LogP contribution is 2.35. The van der Waals surface area contributed by atoms with Gasteiger partial charge in [-0.3, -0.25) is 4.57 Å². The second kappa shape index (κ2) is 8.95. The fourth-order valence-electron chi connectivity index (χ4n) is 3.81. The summed E-state index contributed by atoms with van der Waals surface area (Å²) in [7, 11) is 0. The van der Waals surface area contributed by atoms with Crippen LogP contribution in [-0.2, 0) is 4.74 Å². The van der Waals surface area contributed by atoms with Gasteiger partial charge < -0.3 is 25.4 Å². The summed E-state index contributed by atoms with van der Waals surface area (Å²) in [4.78, 5) is 17.6. The van der Waals surface area contributed by atoms with E-state index in [9.17, 15) is 15.3 Å². The van der Waals surface area contributed by atoms with Crippen LogP contribution in [-0.4, -0.2) is 70.8 Å². The van der Waals surface area contributed by atoms with E-state index < -0.39 is 31.1 Å². The van der Waals surface area contributed by atoms with Crippen LogP contribution in [0.15, 0.2) is 30.6 Å². The Morgan fingerprint density at radius 3 is 2.76 bits per heavy atom. The van der Waals surface area contributed by atoms with Crippen LogP contribution < -0.4 is 5.32 Å². The van der Waals surface area contributed by atoms with Crippen LogP contribution in [0.5, 0.6) is 0 Å². The van der Waals surface area contributed by atoms with Crippen LogP contribution in [0.25, 0.3) is 21.4 Å². The van der Waals surface area contributed by atoms with Crippen molar-refractivity contribution in [2.75, 3.05) is 11.9 Å². The van der Waals surface area contributed by atoms with Gasteiger partial charge in [-0.15, -0.1) is 11.3 Å². The molecule has 3 aromatic heterocycles. The molecule has 10 nitrogen and oxygen atoms in total. The van der Waals surface area contributed by atoms with Crippen LogP contribution in [0.2, 0.25) is 5.28 Å². The van der Waals surface area contributed by atoms with Gasteiger partial charge >= 0.3 is 0 Å². The van der Waals surface area contributed by atoms with Gasteiger partial charge in [0.25, 0.3) is 0 Å². The zero-order chi connectivity index (χ0) is 23.3. The minimum Gasteiger partial charge on any atom is -0.394 e. The summed E-state index contributed by atoms with van der Waals surface area (Å²) < 4.78 is 8.16. The van der Waals surface area contributed by atoms with E-state index in [0.29, 0.717) is 17.0 Å². The highest BCUT2D eigenvalue weighted by atomic mass is 35.5. The van der Waals surface area contributed by atoms with Crippen molar-refractivity contribution < 1.29 is 20.1 Å². The molecule has 13 heteroatoms. The highest BCUT2D eigenvalue weighted by Gasteiger charge is 2.44. The summed E-state index contributed by atoms with van der Waals surface area (Å²) in [5, 5.41) is 33.8. The maximum atomic E-state index is 10.4. The van der Waals surface area contributed by atoms with Gasteiger partial charge in [-0.1, -0.05) is 12.1 Å². The quantitative estimate of drug-likeness (QED) is 0.196. The Morgan fingerprint density at radius 2 is 2.03 bits per heavy atom. The number of nitrogens with zero attached hydrogens (tertiary/aromatic N) is 5. The van der Waals surface area contributed by atoms with Crippen molar-refractivity contribution in [1.29, 1.82) is 0 Å². The number of aliphatic hydroxyl groups excluding tert-OH is 3. The zero-order valence-corrected chi connectivity index (χ0v) is 19.7. The number of anilines is 1. The molecule has 33 heavy (non-hydrogen) atoms. The molecule has 1 unspecified atom stereocenters. The van der Waals surface area contributed by atoms with Crippen molar-refractivity contribution >= 4 is 62.8 Å². The van der Waals surface area contributed by atoms with Crippen LogP contribution >= 0.6 is 35.6 Å². The van der Waals surface area contributed by atoms with E-state index in [-0.39, 0.29) is 16.6 Å². The molecule has 0 amide bonds. The molecule has 0 saturated carbocycles. The van der Waals surface area contributed by atoms with Gasteiger partial charge in [-0.2, -0.15) is 22.6 Å². The summed E-state index contributed by atoms with van der Waals surface area (Å²) in [6.45, 7) is 1.52. The molecule has 1 aromatic carbocycles. The number of aromatic nitrogens is 5. The number of ether oxygens (including phenoxy) is 1.